The lowest BCUT2D eigenvalue weighted by atomic mass is 10.1. The van der Waals surface area contributed by atoms with Gasteiger partial charge in [-0.05, 0) is 43.0 Å². The van der Waals surface area contributed by atoms with Crippen molar-refractivity contribution in [3.8, 4) is 0 Å². The minimum Gasteiger partial charge on any atom is -0.465 e. The Hall–Kier alpha value is -3.45. The van der Waals surface area contributed by atoms with Gasteiger partial charge in [-0.1, -0.05) is 42.5 Å². The zero-order valence-electron chi connectivity index (χ0n) is 19.2. The van der Waals surface area contributed by atoms with Crippen LogP contribution in [-0.4, -0.2) is 46.8 Å². The van der Waals surface area contributed by atoms with Crippen LogP contribution in [-0.2, 0) is 22.5 Å². The standard InChI is InChI=1S/C26H30N4O3/c1-19-16-27-30(23-14-15-29(18-23)17-21-6-4-3-5-7-21)25(19)28-24(31)13-10-20-8-11-22(12-9-20)26(32)33-2/h3-9,11-12,16,23H,10,13-15,17-18H2,1-2H3,(H,28,31)/t23-/m1/s1. The molecule has 2 aromatic carbocycles. The Labute approximate surface area is 194 Å². The molecule has 7 nitrogen and oxygen atoms in total. The van der Waals surface area contributed by atoms with Crippen molar-refractivity contribution in [2.24, 2.45) is 0 Å². The van der Waals surface area contributed by atoms with Gasteiger partial charge >= 0.3 is 5.97 Å². The van der Waals surface area contributed by atoms with E-state index >= 15 is 0 Å². The van der Waals surface area contributed by atoms with Crippen molar-refractivity contribution < 1.29 is 14.3 Å². The van der Waals surface area contributed by atoms with Crippen LogP contribution >= 0.6 is 0 Å². The monoisotopic (exact) mass is 446 g/mol. The molecule has 1 amide bonds. The first-order valence-electron chi connectivity index (χ1n) is 11.3. The molecule has 4 rings (SSSR count). The molecule has 0 saturated carbocycles. The van der Waals surface area contributed by atoms with Crippen LogP contribution < -0.4 is 5.32 Å². The van der Waals surface area contributed by atoms with Crippen molar-refractivity contribution in [1.82, 2.24) is 14.7 Å². The SMILES string of the molecule is COC(=O)c1ccc(CCC(=O)Nc2c(C)cnn2[C@@H]2CCN(Cc3ccccc3)C2)cc1. The Morgan fingerprint density at radius 2 is 1.85 bits per heavy atom. The van der Waals surface area contributed by atoms with Crippen LogP contribution in [0.25, 0.3) is 0 Å². The summed E-state index contributed by atoms with van der Waals surface area (Å²) in [5, 5.41) is 7.65. The topological polar surface area (TPSA) is 76.5 Å². The first kappa shape index (κ1) is 22.7. The number of likely N-dealkylation sites (tertiary alicyclic amines) is 1. The Morgan fingerprint density at radius 3 is 2.58 bits per heavy atom. The molecule has 0 radical (unpaired) electrons. The van der Waals surface area contributed by atoms with Gasteiger partial charge in [0.1, 0.15) is 5.82 Å². The number of ether oxygens (including phenoxy) is 1. The zero-order chi connectivity index (χ0) is 23.2. The highest BCUT2D eigenvalue weighted by Crippen LogP contribution is 2.28. The minimum absolute atomic E-state index is 0.0453. The molecule has 33 heavy (non-hydrogen) atoms. The fourth-order valence-corrected chi connectivity index (χ4v) is 4.26. The van der Waals surface area contributed by atoms with Gasteiger partial charge in [0.05, 0.1) is 24.9 Å². The second-order valence-corrected chi connectivity index (χ2v) is 8.52. The molecule has 1 atom stereocenters. The van der Waals surface area contributed by atoms with Gasteiger partial charge in [0.2, 0.25) is 5.91 Å². The highest BCUT2D eigenvalue weighted by atomic mass is 16.5. The molecule has 1 saturated heterocycles. The summed E-state index contributed by atoms with van der Waals surface area (Å²) in [6.07, 6.45) is 3.77. The number of nitrogens with one attached hydrogen (secondary N) is 1. The molecular formula is C26H30N4O3. The van der Waals surface area contributed by atoms with E-state index in [-0.39, 0.29) is 17.9 Å². The number of carbonyl (C=O) groups is 2. The van der Waals surface area contributed by atoms with Gasteiger partial charge in [-0.3, -0.25) is 9.69 Å². The quantitative estimate of drug-likeness (QED) is 0.530. The number of methoxy groups -OCH3 is 1. The number of anilines is 1. The highest BCUT2D eigenvalue weighted by molar-refractivity contribution is 5.91. The maximum atomic E-state index is 12.7. The van der Waals surface area contributed by atoms with Gasteiger partial charge in [-0.2, -0.15) is 5.10 Å². The predicted octanol–water partition coefficient (Wildman–Crippen LogP) is 4.00. The summed E-state index contributed by atoms with van der Waals surface area (Å²) >= 11 is 0. The Kier molecular flexibility index (Phi) is 7.19. The molecule has 0 aliphatic carbocycles. The van der Waals surface area contributed by atoms with Crippen molar-refractivity contribution in [2.75, 3.05) is 25.5 Å². The van der Waals surface area contributed by atoms with Crippen LogP contribution in [0.3, 0.4) is 0 Å². The fourth-order valence-electron chi connectivity index (χ4n) is 4.26. The van der Waals surface area contributed by atoms with Gasteiger partial charge in [0.15, 0.2) is 0 Å². The number of esters is 1. The van der Waals surface area contributed by atoms with Gasteiger partial charge < -0.3 is 10.1 Å². The lowest BCUT2D eigenvalue weighted by Gasteiger charge is -2.18. The molecule has 1 fully saturated rings. The second kappa shape index (κ2) is 10.4. The molecule has 1 aliphatic rings. The van der Waals surface area contributed by atoms with E-state index in [4.69, 9.17) is 4.74 Å². The smallest absolute Gasteiger partial charge is 0.337 e. The summed E-state index contributed by atoms with van der Waals surface area (Å²) in [7, 11) is 1.36. The van der Waals surface area contributed by atoms with Crippen LogP contribution in [0.1, 0.15) is 45.9 Å². The Morgan fingerprint density at radius 1 is 1.09 bits per heavy atom. The maximum Gasteiger partial charge on any atom is 0.337 e. The van der Waals surface area contributed by atoms with Crippen molar-refractivity contribution in [1.29, 1.82) is 0 Å². The third-order valence-corrected chi connectivity index (χ3v) is 6.09. The van der Waals surface area contributed by atoms with E-state index in [1.54, 1.807) is 12.1 Å². The summed E-state index contributed by atoms with van der Waals surface area (Å²) in [6.45, 7) is 4.81. The third-order valence-electron chi connectivity index (χ3n) is 6.09. The number of nitrogens with zero attached hydrogens (tertiary/aromatic N) is 3. The van der Waals surface area contributed by atoms with Crippen LogP contribution in [0.15, 0.2) is 60.8 Å². The van der Waals surface area contributed by atoms with Crippen molar-refractivity contribution in [3.63, 3.8) is 0 Å². The van der Waals surface area contributed by atoms with Gasteiger partial charge in [-0.25, -0.2) is 9.48 Å². The number of benzene rings is 2. The van der Waals surface area contributed by atoms with E-state index < -0.39 is 0 Å². The number of hydrogen-bond acceptors (Lipinski definition) is 5. The largest absolute Gasteiger partial charge is 0.465 e. The molecule has 1 aromatic heterocycles. The van der Waals surface area contributed by atoms with Crippen LogP contribution in [0.2, 0.25) is 0 Å². The van der Waals surface area contributed by atoms with Gasteiger partial charge in [0.25, 0.3) is 0 Å². The zero-order valence-corrected chi connectivity index (χ0v) is 19.2. The number of aromatic nitrogens is 2. The highest BCUT2D eigenvalue weighted by Gasteiger charge is 2.27. The maximum absolute atomic E-state index is 12.7. The first-order chi connectivity index (χ1) is 16.0. The molecule has 3 aromatic rings. The average molecular weight is 447 g/mol. The molecule has 0 unspecified atom stereocenters. The number of amides is 1. The molecular weight excluding hydrogens is 416 g/mol. The molecule has 7 heteroatoms. The minimum atomic E-state index is -0.364. The number of hydrogen-bond donors (Lipinski definition) is 1. The van der Waals surface area contributed by atoms with Crippen LogP contribution in [0.4, 0.5) is 5.82 Å². The molecule has 1 N–H and O–H groups in total. The van der Waals surface area contributed by atoms with Crippen molar-refractivity contribution in [2.45, 2.75) is 38.8 Å². The predicted molar refractivity (Wildman–Crippen MR) is 127 cm³/mol. The lowest BCUT2D eigenvalue weighted by Crippen LogP contribution is -2.23. The second-order valence-electron chi connectivity index (χ2n) is 8.52. The molecule has 0 bridgehead atoms. The van der Waals surface area contributed by atoms with Crippen LogP contribution in [0.5, 0.6) is 0 Å². The lowest BCUT2D eigenvalue weighted by molar-refractivity contribution is -0.116. The Balaban J connectivity index is 1.33. The summed E-state index contributed by atoms with van der Waals surface area (Å²) in [4.78, 5) is 26.7. The molecule has 2 heterocycles. The van der Waals surface area contributed by atoms with E-state index in [1.165, 1.54) is 12.7 Å². The molecule has 1 aliphatic heterocycles. The van der Waals surface area contributed by atoms with Crippen LogP contribution in [0, 0.1) is 6.92 Å². The number of carbonyl (C=O) groups excluding carboxylic acids is 2. The van der Waals surface area contributed by atoms with E-state index in [0.29, 0.717) is 18.4 Å². The summed E-state index contributed by atoms with van der Waals surface area (Å²) in [6, 6.07) is 17.9. The summed E-state index contributed by atoms with van der Waals surface area (Å²) in [5.41, 5.74) is 3.77. The van der Waals surface area contributed by atoms with Gasteiger partial charge in [0, 0.05) is 31.6 Å². The molecule has 172 valence electrons. The van der Waals surface area contributed by atoms with E-state index in [2.05, 4.69) is 39.6 Å². The number of aryl methyl sites for hydroxylation is 2. The van der Waals surface area contributed by atoms with E-state index in [9.17, 15) is 9.59 Å². The van der Waals surface area contributed by atoms with E-state index in [1.807, 2.05) is 36.0 Å². The Bertz CT molecular complexity index is 1090. The summed E-state index contributed by atoms with van der Waals surface area (Å²) in [5.74, 6) is 0.376. The first-order valence-corrected chi connectivity index (χ1v) is 11.3. The van der Waals surface area contributed by atoms with E-state index in [0.717, 1.165) is 43.0 Å². The summed E-state index contributed by atoms with van der Waals surface area (Å²) < 4.78 is 6.70. The fraction of sp³-hybridized carbons (Fsp3) is 0.346. The average Bonchev–Trinajstić information content (AvgIpc) is 3.44. The number of rotatable bonds is 8. The van der Waals surface area contributed by atoms with Gasteiger partial charge in [-0.15, -0.1) is 0 Å². The third kappa shape index (κ3) is 5.68. The normalized spacial score (nSPS) is 16.0. The van der Waals surface area contributed by atoms with Crippen molar-refractivity contribution in [3.05, 3.63) is 83.0 Å². The molecule has 0 spiro atoms. The van der Waals surface area contributed by atoms with Crippen molar-refractivity contribution >= 4 is 17.7 Å².